The van der Waals surface area contributed by atoms with E-state index in [0.717, 1.165) is 24.2 Å². The van der Waals surface area contributed by atoms with E-state index in [9.17, 15) is 14.9 Å². The standard InChI is InChI=1S/C22H32N8O5/c1-3-5-7-25-22-26-20(23)19(30(32)33)21(27-22)29(15-18(31)35-4-2)14-16-6-8-24-17(13-16)28-9-11-34-12-10-28/h6,8,13H,3-5,7,9-12,14-15H2,1-2H3,(H3,23,25,26,27). The van der Waals surface area contributed by atoms with E-state index in [1.165, 1.54) is 4.90 Å². The van der Waals surface area contributed by atoms with Crippen LogP contribution in [-0.2, 0) is 20.8 Å². The summed E-state index contributed by atoms with van der Waals surface area (Å²) >= 11 is 0. The molecule has 0 bridgehead atoms. The number of aromatic nitrogens is 3. The zero-order chi connectivity index (χ0) is 25.2. The lowest BCUT2D eigenvalue weighted by Gasteiger charge is -2.28. The Morgan fingerprint density at radius 1 is 1.34 bits per heavy atom. The number of carbonyl (C=O) groups is 1. The largest absolute Gasteiger partial charge is 0.465 e. The van der Waals surface area contributed by atoms with Crippen molar-refractivity contribution in [1.29, 1.82) is 0 Å². The van der Waals surface area contributed by atoms with Gasteiger partial charge in [0.25, 0.3) is 0 Å². The number of hydrogen-bond donors (Lipinski definition) is 2. The Kier molecular flexibility index (Phi) is 9.35. The molecule has 0 unspecified atom stereocenters. The molecule has 0 saturated carbocycles. The predicted octanol–water partition coefficient (Wildman–Crippen LogP) is 1.98. The molecule has 1 fully saturated rings. The SMILES string of the molecule is CCCCNc1nc(N)c([N+](=O)[O-])c(N(CC(=O)OCC)Cc2ccnc(N3CCOCC3)c2)n1. The minimum atomic E-state index is -0.635. The molecule has 1 saturated heterocycles. The number of ether oxygens (including phenoxy) is 2. The topological polar surface area (TPSA) is 162 Å². The van der Waals surface area contributed by atoms with E-state index in [-0.39, 0.29) is 37.3 Å². The van der Waals surface area contributed by atoms with Crippen LogP contribution < -0.4 is 20.9 Å². The minimum Gasteiger partial charge on any atom is -0.465 e. The van der Waals surface area contributed by atoms with E-state index >= 15 is 0 Å². The van der Waals surface area contributed by atoms with Crippen LogP contribution in [0.5, 0.6) is 0 Å². The van der Waals surface area contributed by atoms with Crippen molar-refractivity contribution >= 4 is 35.1 Å². The number of hydrogen-bond acceptors (Lipinski definition) is 12. The van der Waals surface area contributed by atoms with Crippen LogP contribution in [0.25, 0.3) is 0 Å². The average Bonchev–Trinajstić information content (AvgIpc) is 2.84. The molecule has 3 heterocycles. The van der Waals surface area contributed by atoms with Crippen molar-refractivity contribution in [3.8, 4) is 0 Å². The van der Waals surface area contributed by atoms with Gasteiger partial charge in [-0.2, -0.15) is 9.97 Å². The molecule has 3 N–H and O–H groups in total. The highest BCUT2D eigenvalue weighted by atomic mass is 16.6. The van der Waals surface area contributed by atoms with Crippen LogP contribution in [0.2, 0.25) is 0 Å². The maximum Gasteiger partial charge on any atom is 0.353 e. The van der Waals surface area contributed by atoms with Crippen molar-refractivity contribution in [1.82, 2.24) is 15.0 Å². The number of esters is 1. The molecule has 0 amide bonds. The van der Waals surface area contributed by atoms with Crippen LogP contribution in [0, 0.1) is 10.1 Å². The van der Waals surface area contributed by atoms with Crippen molar-refractivity contribution < 1.29 is 19.2 Å². The van der Waals surface area contributed by atoms with E-state index in [0.29, 0.717) is 32.8 Å². The highest BCUT2D eigenvalue weighted by Crippen LogP contribution is 2.33. The third-order valence-electron chi connectivity index (χ3n) is 5.33. The first kappa shape index (κ1) is 25.9. The van der Waals surface area contributed by atoms with Crippen molar-refractivity contribution in [2.24, 2.45) is 0 Å². The Morgan fingerprint density at radius 2 is 2.11 bits per heavy atom. The Balaban J connectivity index is 1.97. The van der Waals surface area contributed by atoms with E-state index < -0.39 is 16.6 Å². The number of nitro groups is 1. The summed E-state index contributed by atoms with van der Waals surface area (Å²) < 4.78 is 10.5. The highest BCUT2D eigenvalue weighted by Gasteiger charge is 2.29. The molecule has 0 aromatic carbocycles. The molecular weight excluding hydrogens is 456 g/mol. The van der Waals surface area contributed by atoms with Gasteiger partial charge in [-0.3, -0.25) is 14.9 Å². The first-order valence-corrected chi connectivity index (χ1v) is 11.7. The Hall–Kier alpha value is -3.74. The molecule has 35 heavy (non-hydrogen) atoms. The Morgan fingerprint density at radius 3 is 2.80 bits per heavy atom. The zero-order valence-electron chi connectivity index (χ0n) is 20.1. The van der Waals surface area contributed by atoms with Crippen molar-refractivity contribution in [3.63, 3.8) is 0 Å². The number of nitrogen functional groups attached to an aromatic ring is 1. The van der Waals surface area contributed by atoms with E-state index in [4.69, 9.17) is 15.2 Å². The number of morpholine rings is 1. The maximum absolute atomic E-state index is 12.4. The maximum atomic E-state index is 12.4. The lowest BCUT2D eigenvalue weighted by atomic mass is 10.2. The second-order valence-electron chi connectivity index (χ2n) is 7.92. The van der Waals surface area contributed by atoms with Crippen LogP contribution in [0.1, 0.15) is 32.3 Å². The molecule has 3 rings (SSSR count). The van der Waals surface area contributed by atoms with Gasteiger partial charge in [0, 0.05) is 32.4 Å². The third-order valence-corrected chi connectivity index (χ3v) is 5.33. The van der Waals surface area contributed by atoms with E-state index in [1.807, 2.05) is 13.0 Å². The molecule has 1 aliphatic heterocycles. The quantitative estimate of drug-likeness (QED) is 0.194. The number of nitrogens with one attached hydrogen (secondary N) is 1. The van der Waals surface area contributed by atoms with Gasteiger partial charge >= 0.3 is 11.7 Å². The summed E-state index contributed by atoms with van der Waals surface area (Å²) in [4.78, 5) is 40.2. The van der Waals surface area contributed by atoms with Gasteiger partial charge in [-0.1, -0.05) is 13.3 Å². The monoisotopic (exact) mass is 488 g/mol. The third kappa shape index (κ3) is 7.12. The molecule has 0 atom stereocenters. The summed E-state index contributed by atoms with van der Waals surface area (Å²) in [5.74, 6) is 0.0486. The number of unbranched alkanes of at least 4 members (excludes halogenated alkanes) is 1. The van der Waals surface area contributed by atoms with E-state index in [1.54, 1.807) is 19.2 Å². The molecular formula is C22H32N8O5. The zero-order valence-corrected chi connectivity index (χ0v) is 20.1. The lowest BCUT2D eigenvalue weighted by molar-refractivity contribution is -0.383. The summed E-state index contributed by atoms with van der Waals surface area (Å²) in [5.41, 5.74) is 6.29. The summed E-state index contributed by atoms with van der Waals surface area (Å²) in [6.45, 7) is 7.04. The van der Waals surface area contributed by atoms with E-state index in [2.05, 4.69) is 25.2 Å². The van der Waals surface area contributed by atoms with Gasteiger partial charge in [0.1, 0.15) is 12.4 Å². The average molecular weight is 489 g/mol. The highest BCUT2D eigenvalue weighted by molar-refractivity contribution is 5.79. The van der Waals surface area contributed by atoms with Gasteiger partial charge < -0.3 is 30.3 Å². The molecule has 13 heteroatoms. The van der Waals surface area contributed by atoms with Crippen LogP contribution in [-0.4, -0.2) is 71.8 Å². The Labute approximate surface area is 203 Å². The molecule has 2 aromatic heterocycles. The molecule has 13 nitrogen and oxygen atoms in total. The number of nitrogens with two attached hydrogens (primary N) is 1. The fourth-order valence-electron chi connectivity index (χ4n) is 3.62. The van der Waals surface area contributed by atoms with Crippen molar-refractivity contribution in [2.75, 3.05) is 66.8 Å². The number of anilines is 4. The van der Waals surface area contributed by atoms with Gasteiger partial charge in [0.15, 0.2) is 0 Å². The minimum absolute atomic E-state index is 0.0562. The van der Waals surface area contributed by atoms with Crippen LogP contribution >= 0.6 is 0 Å². The second-order valence-corrected chi connectivity index (χ2v) is 7.92. The first-order chi connectivity index (χ1) is 16.9. The number of nitrogens with zero attached hydrogens (tertiary/aromatic N) is 6. The molecule has 0 radical (unpaired) electrons. The van der Waals surface area contributed by atoms with Gasteiger partial charge in [0.05, 0.1) is 24.7 Å². The van der Waals surface area contributed by atoms with Gasteiger partial charge in [-0.05, 0) is 31.0 Å². The second kappa shape index (κ2) is 12.6. The molecule has 0 aliphatic carbocycles. The number of carbonyl (C=O) groups excluding carboxylic acids is 1. The normalized spacial score (nSPS) is 13.4. The fourth-order valence-corrected chi connectivity index (χ4v) is 3.62. The van der Waals surface area contributed by atoms with Crippen molar-refractivity contribution in [3.05, 3.63) is 34.0 Å². The Bertz CT molecular complexity index is 1020. The molecule has 1 aliphatic rings. The number of pyridine rings is 1. The smallest absolute Gasteiger partial charge is 0.353 e. The van der Waals surface area contributed by atoms with Gasteiger partial charge in [0.2, 0.25) is 17.6 Å². The summed E-state index contributed by atoms with van der Waals surface area (Å²) in [6.07, 6.45) is 3.48. The molecule has 2 aromatic rings. The summed E-state index contributed by atoms with van der Waals surface area (Å²) in [5, 5.41) is 14.9. The van der Waals surface area contributed by atoms with Crippen LogP contribution in [0.3, 0.4) is 0 Å². The predicted molar refractivity (Wildman–Crippen MR) is 131 cm³/mol. The van der Waals surface area contributed by atoms with Crippen LogP contribution in [0.15, 0.2) is 18.3 Å². The van der Waals surface area contributed by atoms with Crippen LogP contribution in [0.4, 0.5) is 29.1 Å². The lowest BCUT2D eigenvalue weighted by Crippen LogP contribution is -2.37. The summed E-state index contributed by atoms with van der Waals surface area (Å²) in [6, 6.07) is 3.68. The number of rotatable bonds is 12. The first-order valence-electron chi connectivity index (χ1n) is 11.7. The molecule has 0 spiro atoms. The molecule has 190 valence electrons. The fraction of sp³-hybridized carbons (Fsp3) is 0.545. The van der Waals surface area contributed by atoms with Crippen molar-refractivity contribution in [2.45, 2.75) is 33.2 Å². The summed E-state index contributed by atoms with van der Waals surface area (Å²) in [7, 11) is 0. The van der Waals surface area contributed by atoms with Gasteiger partial charge in [-0.15, -0.1) is 0 Å². The van der Waals surface area contributed by atoms with Gasteiger partial charge in [-0.25, -0.2) is 4.98 Å².